The third kappa shape index (κ3) is 3.90. The van der Waals surface area contributed by atoms with Gasteiger partial charge in [0, 0.05) is 26.2 Å². The van der Waals surface area contributed by atoms with Crippen molar-refractivity contribution in [2.45, 2.75) is 51.9 Å². The zero-order valence-corrected chi connectivity index (χ0v) is 11.2. The van der Waals surface area contributed by atoms with Crippen LogP contribution in [0.3, 0.4) is 0 Å². The van der Waals surface area contributed by atoms with E-state index in [0.29, 0.717) is 6.03 Å². The molecule has 3 heteroatoms. The number of amides is 2. The number of urea groups is 1. The average molecular weight is 238 g/mol. The molecule has 17 heavy (non-hydrogen) atoms. The van der Waals surface area contributed by atoms with Crippen LogP contribution in [0.5, 0.6) is 0 Å². The molecule has 1 aliphatic heterocycles. The Hall–Kier alpha value is -0.730. The summed E-state index contributed by atoms with van der Waals surface area (Å²) < 4.78 is 0. The van der Waals surface area contributed by atoms with E-state index in [0.717, 1.165) is 38.5 Å². The minimum absolute atomic E-state index is 0.306. The van der Waals surface area contributed by atoms with Crippen molar-refractivity contribution in [1.82, 2.24) is 9.80 Å². The molecule has 0 unspecified atom stereocenters. The Labute approximate surface area is 105 Å². The first-order valence-corrected chi connectivity index (χ1v) is 7.35. The summed E-state index contributed by atoms with van der Waals surface area (Å²) in [5.74, 6) is 0.803. The van der Waals surface area contributed by atoms with E-state index in [4.69, 9.17) is 0 Å². The van der Waals surface area contributed by atoms with Crippen LogP contribution in [-0.2, 0) is 0 Å². The molecule has 2 aliphatic rings. The maximum absolute atomic E-state index is 12.5. The summed E-state index contributed by atoms with van der Waals surface area (Å²) in [6.45, 7) is 6.05. The van der Waals surface area contributed by atoms with E-state index < -0.39 is 0 Å². The van der Waals surface area contributed by atoms with E-state index in [1.165, 1.54) is 38.5 Å². The molecule has 0 spiro atoms. The molecular weight excluding hydrogens is 212 g/mol. The van der Waals surface area contributed by atoms with E-state index in [1.54, 1.807) is 0 Å². The highest BCUT2D eigenvalue weighted by Crippen LogP contribution is 2.30. The first-order chi connectivity index (χ1) is 8.31. The Bertz CT molecular complexity index is 243. The van der Waals surface area contributed by atoms with Gasteiger partial charge in [0.25, 0.3) is 0 Å². The van der Waals surface area contributed by atoms with Gasteiger partial charge in [-0.25, -0.2) is 4.79 Å². The van der Waals surface area contributed by atoms with Crippen LogP contribution >= 0.6 is 0 Å². The number of carbonyl (C=O) groups is 1. The molecule has 0 bridgehead atoms. The Balaban J connectivity index is 1.87. The quantitative estimate of drug-likeness (QED) is 0.738. The van der Waals surface area contributed by atoms with Crippen LogP contribution < -0.4 is 0 Å². The average Bonchev–Trinajstić information content (AvgIpc) is 3.14. The normalized spacial score (nSPS) is 21.1. The molecule has 1 saturated heterocycles. The lowest BCUT2D eigenvalue weighted by Gasteiger charge is -2.29. The van der Waals surface area contributed by atoms with Crippen LogP contribution in [0.15, 0.2) is 0 Å². The zero-order valence-electron chi connectivity index (χ0n) is 11.2. The Morgan fingerprint density at radius 3 is 2.35 bits per heavy atom. The van der Waals surface area contributed by atoms with Crippen molar-refractivity contribution in [3.05, 3.63) is 0 Å². The molecule has 0 aromatic heterocycles. The topological polar surface area (TPSA) is 23.6 Å². The van der Waals surface area contributed by atoms with Gasteiger partial charge in [-0.15, -0.1) is 0 Å². The highest BCUT2D eigenvalue weighted by atomic mass is 16.2. The van der Waals surface area contributed by atoms with Gasteiger partial charge < -0.3 is 9.80 Å². The number of hydrogen-bond donors (Lipinski definition) is 0. The minimum Gasteiger partial charge on any atom is -0.325 e. The number of carbonyl (C=O) groups excluding carboxylic acids is 1. The van der Waals surface area contributed by atoms with Gasteiger partial charge in [0.05, 0.1) is 0 Å². The summed E-state index contributed by atoms with van der Waals surface area (Å²) in [4.78, 5) is 16.6. The monoisotopic (exact) mass is 238 g/mol. The van der Waals surface area contributed by atoms with Gasteiger partial charge in [-0.2, -0.15) is 0 Å². The second-order valence-corrected chi connectivity index (χ2v) is 5.57. The lowest BCUT2D eigenvalue weighted by atomic mass is 10.2. The van der Waals surface area contributed by atoms with E-state index >= 15 is 0 Å². The molecule has 2 fully saturated rings. The molecule has 0 aromatic rings. The Morgan fingerprint density at radius 1 is 1.18 bits per heavy atom. The second kappa shape index (κ2) is 6.27. The van der Waals surface area contributed by atoms with Gasteiger partial charge in [-0.3, -0.25) is 0 Å². The van der Waals surface area contributed by atoms with Crippen molar-refractivity contribution < 1.29 is 4.79 Å². The first-order valence-electron chi connectivity index (χ1n) is 7.35. The number of nitrogens with zero attached hydrogens (tertiary/aromatic N) is 2. The number of hydrogen-bond acceptors (Lipinski definition) is 1. The summed E-state index contributed by atoms with van der Waals surface area (Å²) in [5.41, 5.74) is 0. The van der Waals surface area contributed by atoms with Crippen molar-refractivity contribution in [2.24, 2.45) is 5.92 Å². The number of likely N-dealkylation sites (tertiary alicyclic amines) is 1. The van der Waals surface area contributed by atoms with Crippen LogP contribution in [0.25, 0.3) is 0 Å². The van der Waals surface area contributed by atoms with E-state index in [2.05, 4.69) is 16.7 Å². The lowest BCUT2D eigenvalue weighted by molar-refractivity contribution is 0.152. The van der Waals surface area contributed by atoms with Crippen LogP contribution in [0.2, 0.25) is 0 Å². The molecule has 0 atom stereocenters. The smallest absolute Gasteiger partial charge is 0.320 e. The van der Waals surface area contributed by atoms with Crippen LogP contribution in [0, 0.1) is 5.92 Å². The van der Waals surface area contributed by atoms with Gasteiger partial charge in [0.2, 0.25) is 0 Å². The van der Waals surface area contributed by atoms with E-state index in [1.807, 2.05) is 0 Å². The van der Waals surface area contributed by atoms with E-state index in [-0.39, 0.29) is 0 Å². The maximum Gasteiger partial charge on any atom is 0.320 e. The first kappa shape index (κ1) is 12.7. The van der Waals surface area contributed by atoms with Gasteiger partial charge in [0.1, 0.15) is 0 Å². The molecule has 98 valence electrons. The standard InChI is InChI=1S/C14H26N2O/c1-2-9-16(12-13-7-8-13)14(17)15-10-5-3-4-6-11-15/h13H,2-12H2,1H3. The lowest BCUT2D eigenvalue weighted by Crippen LogP contribution is -2.44. The van der Waals surface area contributed by atoms with Gasteiger partial charge >= 0.3 is 6.03 Å². The van der Waals surface area contributed by atoms with Gasteiger partial charge in [-0.05, 0) is 38.0 Å². The molecule has 2 amide bonds. The highest BCUT2D eigenvalue weighted by Gasteiger charge is 2.28. The summed E-state index contributed by atoms with van der Waals surface area (Å²) in [5, 5.41) is 0. The third-order valence-electron chi connectivity index (χ3n) is 3.82. The molecule has 0 radical (unpaired) electrons. The summed E-state index contributed by atoms with van der Waals surface area (Å²) in [6, 6.07) is 0.306. The molecular formula is C14H26N2O. The van der Waals surface area contributed by atoms with Gasteiger partial charge in [0.15, 0.2) is 0 Å². The minimum atomic E-state index is 0.306. The zero-order chi connectivity index (χ0) is 12.1. The Morgan fingerprint density at radius 2 is 1.82 bits per heavy atom. The van der Waals surface area contributed by atoms with E-state index in [9.17, 15) is 4.79 Å². The van der Waals surface area contributed by atoms with Crippen molar-refractivity contribution >= 4 is 6.03 Å². The molecule has 2 rings (SSSR count). The number of rotatable bonds is 4. The predicted molar refractivity (Wildman–Crippen MR) is 70.0 cm³/mol. The van der Waals surface area contributed by atoms with Crippen LogP contribution in [-0.4, -0.2) is 42.0 Å². The van der Waals surface area contributed by atoms with Crippen LogP contribution in [0.4, 0.5) is 4.79 Å². The second-order valence-electron chi connectivity index (χ2n) is 5.57. The van der Waals surface area contributed by atoms with Gasteiger partial charge in [-0.1, -0.05) is 19.8 Å². The maximum atomic E-state index is 12.5. The third-order valence-corrected chi connectivity index (χ3v) is 3.82. The fraction of sp³-hybridized carbons (Fsp3) is 0.929. The van der Waals surface area contributed by atoms with Crippen molar-refractivity contribution in [2.75, 3.05) is 26.2 Å². The largest absolute Gasteiger partial charge is 0.325 e. The molecule has 1 heterocycles. The summed E-state index contributed by atoms with van der Waals surface area (Å²) in [6.07, 6.45) is 8.69. The van der Waals surface area contributed by atoms with Crippen molar-refractivity contribution in [3.8, 4) is 0 Å². The van der Waals surface area contributed by atoms with Crippen LogP contribution in [0.1, 0.15) is 51.9 Å². The predicted octanol–water partition coefficient (Wildman–Crippen LogP) is 3.10. The molecule has 1 saturated carbocycles. The molecule has 0 N–H and O–H groups in total. The Kier molecular flexibility index (Phi) is 4.69. The fourth-order valence-corrected chi connectivity index (χ4v) is 2.61. The van der Waals surface area contributed by atoms with Crippen molar-refractivity contribution in [1.29, 1.82) is 0 Å². The summed E-state index contributed by atoms with van der Waals surface area (Å²) in [7, 11) is 0. The fourth-order valence-electron chi connectivity index (χ4n) is 2.61. The molecule has 0 aromatic carbocycles. The summed E-state index contributed by atoms with van der Waals surface area (Å²) >= 11 is 0. The van der Waals surface area contributed by atoms with Crippen molar-refractivity contribution in [3.63, 3.8) is 0 Å². The SMILES string of the molecule is CCCN(CC1CC1)C(=O)N1CCCCCC1. The highest BCUT2D eigenvalue weighted by molar-refractivity contribution is 5.74. The molecule has 1 aliphatic carbocycles. The molecule has 3 nitrogen and oxygen atoms in total.